The molecule has 1 N–H and O–H groups in total. The molecule has 0 unspecified atom stereocenters. The number of carbonyl (C=O) groups is 1. The highest BCUT2D eigenvalue weighted by Crippen LogP contribution is 2.41. The molecule has 470 valence electrons. The molecule has 5 aromatic rings. The van der Waals surface area contributed by atoms with Crippen LogP contribution >= 0.6 is 22.9 Å². The van der Waals surface area contributed by atoms with Gasteiger partial charge in [-0.05, 0) is 59.2 Å². The zero-order valence-corrected chi connectivity index (χ0v) is 49.7. The van der Waals surface area contributed by atoms with Crippen LogP contribution in [0.4, 0.5) is 28.5 Å². The van der Waals surface area contributed by atoms with E-state index in [1.165, 1.54) is 17.6 Å². The lowest BCUT2D eigenvalue weighted by Gasteiger charge is -2.35. The molecule has 6 rings (SSSR count). The molecule has 29 heteroatoms. The second-order valence-corrected chi connectivity index (χ2v) is 21.1. The second kappa shape index (κ2) is 38.8. The highest BCUT2D eigenvalue weighted by molar-refractivity contribution is 7.93. The minimum Gasteiger partial charge on any atom is -0.455 e. The van der Waals surface area contributed by atoms with E-state index in [9.17, 15) is 26.4 Å². The summed E-state index contributed by atoms with van der Waals surface area (Å²) in [6.45, 7) is 12.1. The van der Waals surface area contributed by atoms with Gasteiger partial charge in [0.05, 0.1) is 169 Å². The number of halogens is 5. The third-order valence-corrected chi connectivity index (χ3v) is 14.6. The van der Waals surface area contributed by atoms with Crippen molar-refractivity contribution >= 4 is 49.8 Å². The fourth-order valence-corrected chi connectivity index (χ4v) is 9.93. The Bertz CT molecular complexity index is 2790. The first-order valence-electron chi connectivity index (χ1n) is 27.4. The number of hydrogen-bond donors (Lipinski definition) is 1. The Kier molecular flexibility index (Phi) is 31.4. The summed E-state index contributed by atoms with van der Waals surface area (Å²) in [5.41, 5.74) is 2.51. The molecule has 0 atom stereocenters. The monoisotopic (exact) mass is 1260 g/mol. The van der Waals surface area contributed by atoms with Crippen LogP contribution in [-0.4, -0.2) is 220 Å². The lowest BCUT2D eigenvalue weighted by molar-refractivity contribution is -0.137. The van der Waals surface area contributed by atoms with Gasteiger partial charge in [0.15, 0.2) is 0 Å². The molecular formula is C56H73ClF4N6O16S2. The number of aromatic nitrogens is 3. The largest absolute Gasteiger partial charge is 0.455 e. The molecule has 1 aliphatic heterocycles. The number of nitrogens with one attached hydrogen (secondary N) is 1. The number of ether oxygens (including phenoxy) is 13. The topological polar surface area (TPSA) is 228 Å². The summed E-state index contributed by atoms with van der Waals surface area (Å²) in [6.07, 6.45) is -2.75. The van der Waals surface area contributed by atoms with Crippen molar-refractivity contribution in [3.8, 4) is 33.8 Å². The highest BCUT2D eigenvalue weighted by atomic mass is 35.5. The number of alkyl halides is 3. The van der Waals surface area contributed by atoms with Crippen LogP contribution in [0.1, 0.15) is 12.0 Å². The molecular weight excluding hydrogens is 1190 g/mol. The van der Waals surface area contributed by atoms with Crippen molar-refractivity contribution in [1.82, 2.24) is 20.1 Å². The summed E-state index contributed by atoms with van der Waals surface area (Å²) < 4.78 is 156. The molecule has 1 aliphatic rings. The van der Waals surface area contributed by atoms with Gasteiger partial charge in [-0.15, -0.1) is 10.2 Å². The average Bonchev–Trinajstić information content (AvgIpc) is 2.01. The van der Waals surface area contributed by atoms with Crippen LogP contribution in [0.5, 0.6) is 11.5 Å². The van der Waals surface area contributed by atoms with Crippen molar-refractivity contribution in [2.45, 2.75) is 17.5 Å². The van der Waals surface area contributed by atoms with Crippen LogP contribution in [0.3, 0.4) is 0 Å². The molecule has 1 saturated heterocycles. The van der Waals surface area contributed by atoms with Gasteiger partial charge in [0.1, 0.15) is 33.5 Å². The van der Waals surface area contributed by atoms with E-state index in [0.717, 1.165) is 35.6 Å². The number of benzene rings is 3. The van der Waals surface area contributed by atoms with E-state index in [4.69, 9.17) is 73.2 Å². The Morgan fingerprint density at radius 1 is 0.600 bits per heavy atom. The molecule has 3 aromatic carbocycles. The van der Waals surface area contributed by atoms with Gasteiger partial charge >= 0.3 is 6.18 Å². The number of anilines is 2. The van der Waals surface area contributed by atoms with Crippen molar-refractivity contribution in [1.29, 1.82) is 0 Å². The van der Waals surface area contributed by atoms with Crippen molar-refractivity contribution < 1.29 is 92.4 Å². The molecule has 2 aromatic heterocycles. The Morgan fingerprint density at radius 3 is 1.55 bits per heavy atom. The molecule has 0 radical (unpaired) electrons. The number of piperazine rings is 1. The van der Waals surface area contributed by atoms with Gasteiger partial charge in [-0.3, -0.25) is 9.52 Å². The van der Waals surface area contributed by atoms with E-state index in [0.29, 0.717) is 200 Å². The Hall–Kier alpha value is -5.28. The van der Waals surface area contributed by atoms with Crippen molar-refractivity contribution in [3.63, 3.8) is 0 Å². The molecule has 0 saturated carbocycles. The molecule has 3 heterocycles. The first kappa shape index (κ1) is 68.8. The number of nitrogens with zero attached hydrogens (tertiary/aromatic N) is 5. The molecule has 0 spiro atoms. The predicted molar refractivity (Wildman–Crippen MR) is 307 cm³/mol. The van der Waals surface area contributed by atoms with Gasteiger partial charge in [0.25, 0.3) is 10.0 Å². The fourth-order valence-electron chi connectivity index (χ4n) is 7.88. The number of amides is 1. The molecule has 1 amide bonds. The lowest BCUT2D eigenvalue weighted by atomic mass is 9.97. The van der Waals surface area contributed by atoms with Crippen LogP contribution in [0.15, 0.2) is 83.3 Å². The number of pyridine rings is 1. The molecule has 0 bridgehead atoms. The normalized spacial score (nSPS) is 13.0. The number of methoxy groups -OCH3 is 1. The van der Waals surface area contributed by atoms with Gasteiger partial charge in [-0.2, -0.15) is 13.2 Å². The second-order valence-electron chi connectivity index (χ2n) is 18.2. The number of sulfonamides is 1. The van der Waals surface area contributed by atoms with Crippen molar-refractivity contribution in [3.05, 3.63) is 94.8 Å². The molecule has 22 nitrogen and oxygen atoms in total. The summed E-state index contributed by atoms with van der Waals surface area (Å²) >= 11 is 7.42. The van der Waals surface area contributed by atoms with Crippen LogP contribution in [0.25, 0.3) is 22.3 Å². The summed E-state index contributed by atoms with van der Waals surface area (Å²) in [5.74, 6) is -0.694. The fraction of sp³-hybridized carbons (Fsp3) is 0.536. The van der Waals surface area contributed by atoms with Crippen LogP contribution in [0, 0.1) is 5.82 Å². The van der Waals surface area contributed by atoms with Gasteiger partial charge in [0, 0.05) is 51.1 Å². The Labute approximate surface area is 501 Å². The zero-order valence-electron chi connectivity index (χ0n) is 47.3. The first-order chi connectivity index (χ1) is 41.3. The van der Waals surface area contributed by atoms with E-state index < -0.39 is 32.5 Å². The maximum absolute atomic E-state index is 15.6. The average molecular weight is 1260 g/mol. The quantitative estimate of drug-likeness (QED) is 0.0293. The molecule has 1 fully saturated rings. The Balaban J connectivity index is 0.799. The van der Waals surface area contributed by atoms with Gasteiger partial charge in [-0.25, -0.2) is 17.8 Å². The lowest BCUT2D eigenvalue weighted by Crippen LogP contribution is -2.49. The third-order valence-electron chi connectivity index (χ3n) is 12.2. The van der Waals surface area contributed by atoms with Crippen molar-refractivity contribution in [2.24, 2.45) is 0 Å². The SMILES string of the molecule is COCCOCCOCCOCCOCCOCCOCCOCCOCCOCCOCCOCCC(=O)N1CCN(c2cc(-c3cc(-c4ccc(C(F)(F)F)cc4)ccc3Oc3cc(F)c(S(=O)(=O)Nc4nncs4)cc3Cl)ccn2)CC1. The molecule has 0 aliphatic carbocycles. The third kappa shape index (κ3) is 25.5. The van der Waals surface area contributed by atoms with E-state index in [2.05, 4.69) is 19.9 Å². The minimum atomic E-state index is -4.53. The zero-order chi connectivity index (χ0) is 60.4. The van der Waals surface area contributed by atoms with E-state index in [-0.39, 0.29) is 40.6 Å². The maximum atomic E-state index is 15.6. The van der Waals surface area contributed by atoms with Gasteiger partial charge in [0.2, 0.25) is 11.0 Å². The van der Waals surface area contributed by atoms with Crippen LogP contribution in [0.2, 0.25) is 5.02 Å². The van der Waals surface area contributed by atoms with Crippen molar-refractivity contribution in [2.75, 3.05) is 195 Å². The summed E-state index contributed by atoms with van der Waals surface area (Å²) in [5, 5.41) is 6.89. The van der Waals surface area contributed by atoms with Crippen LogP contribution in [-0.2, 0) is 77.8 Å². The smallest absolute Gasteiger partial charge is 0.416 e. The minimum absolute atomic E-state index is 0.0566. The number of hydrogen-bond acceptors (Lipinski definition) is 21. The maximum Gasteiger partial charge on any atom is 0.416 e. The predicted octanol–water partition coefficient (Wildman–Crippen LogP) is 7.54. The number of rotatable bonds is 44. The summed E-state index contributed by atoms with van der Waals surface area (Å²) in [6, 6.07) is 14.8. The molecule has 85 heavy (non-hydrogen) atoms. The standard InChI is InChI=1S/C56H73ClF4N6O16S2/c1-71-16-17-73-20-21-75-24-25-77-28-29-79-32-33-81-36-37-82-35-34-80-31-30-78-27-26-76-23-22-74-19-18-72-15-9-54(68)67-13-11-66(12-14-67)53-39-45(8-10-62-53)47-38-44(43-2-5-46(6-3-43)56(59,60)61)4-7-50(47)83-51-41-49(58)52(40-48(51)57)85(69,70)65-55-64-63-42-84-55/h2-8,10,38-42H,9,11-37H2,1H3,(H,64,65). The summed E-state index contributed by atoms with van der Waals surface area (Å²) in [4.78, 5) is 20.7. The summed E-state index contributed by atoms with van der Waals surface area (Å²) in [7, 11) is -2.82. The highest BCUT2D eigenvalue weighted by Gasteiger charge is 2.30. The van der Waals surface area contributed by atoms with E-state index >= 15 is 4.39 Å². The number of carbonyl (C=O) groups excluding carboxylic acids is 1. The Morgan fingerprint density at radius 2 is 1.08 bits per heavy atom. The van der Waals surface area contributed by atoms with Gasteiger partial charge in [-0.1, -0.05) is 41.1 Å². The van der Waals surface area contributed by atoms with E-state index in [1.807, 2.05) is 4.90 Å². The van der Waals surface area contributed by atoms with Gasteiger partial charge < -0.3 is 71.4 Å². The first-order valence-corrected chi connectivity index (χ1v) is 30.2. The van der Waals surface area contributed by atoms with E-state index in [1.54, 1.807) is 48.5 Å². The van der Waals surface area contributed by atoms with Crippen LogP contribution < -0.4 is 14.4 Å².